The van der Waals surface area contributed by atoms with E-state index in [2.05, 4.69) is 10.6 Å². The number of carbonyl (C=O) groups excluding carboxylic acids is 2. The highest BCUT2D eigenvalue weighted by Crippen LogP contribution is 2.23. The number of amides is 2. The molecule has 166 valence electrons. The third kappa shape index (κ3) is 4.16. The van der Waals surface area contributed by atoms with Crippen molar-refractivity contribution in [1.29, 1.82) is 0 Å². The maximum atomic E-state index is 12.9. The van der Waals surface area contributed by atoms with Crippen molar-refractivity contribution in [3.05, 3.63) is 104 Å². The van der Waals surface area contributed by atoms with Gasteiger partial charge in [-0.3, -0.25) is 28.5 Å². The summed E-state index contributed by atoms with van der Waals surface area (Å²) in [7, 11) is 2.97. The monoisotopic (exact) mass is 462 g/mol. The van der Waals surface area contributed by atoms with E-state index in [1.807, 2.05) is 0 Å². The number of aromatic nitrogens is 2. The van der Waals surface area contributed by atoms with E-state index >= 15 is 0 Å². The van der Waals surface area contributed by atoms with E-state index in [0.29, 0.717) is 10.7 Å². The standard InChI is InChI=1S/C24H19ClN4O4/c1-28-23(32)15-12-11-14(13-17(15)24(33)29(28)2)21(30)26-19-9-5-3-7-16(19)22(31)27-20-10-6-4-8-18(20)25/h3-13H,1-2H3,(H,26,30)(H,27,31). The molecule has 0 aliphatic rings. The van der Waals surface area contributed by atoms with Crippen LogP contribution >= 0.6 is 11.6 Å². The van der Waals surface area contributed by atoms with Crippen LogP contribution in [0.4, 0.5) is 11.4 Å². The normalized spacial score (nSPS) is 10.8. The minimum atomic E-state index is -0.530. The third-order valence-electron chi connectivity index (χ3n) is 5.32. The number of fused-ring (bicyclic) bond motifs is 1. The molecule has 4 rings (SSSR count). The Morgan fingerprint density at radius 3 is 2.00 bits per heavy atom. The first-order chi connectivity index (χ1) is 15.8. The summed E-state index contributed by atoms with van der Waals surface area (Å²) >= 11 is 6.12. The van der Waals surface area contributed by atoms with Crippen LogP contribution in [0.3, 0.4) is 0 Å². The molecule has 4 aromatic rings. The second kappa shape index (κ2) is 8.76. The first-order valence-corrected chi connectivity index (χ1v) is 10.3. The van der Waals surface area contributed by atoms with Gasteiger partial charge in [-0.1, -0.05) is 35.9 Å². The number of nitrogens with zero attached hydrogens (tertiary/aromatic N) is 2. The van der Waals surface area contributed by atoms with E-state index in [9.17, 15) is 19.2 Å². The molecule has 8 nitrogen and oxygen atoms in total. The van der Waals surface area contributed by atoms with Crippen molar-refractivity contribution >= 4 is 45.6 Å². The molecule has 33 heavy (non-hydrogen) atoms. The fourth-order valence-electron chi connectivity index (χ4n) is 3.41. The summed E-state index contributed by atoms with van der Waals surface area (Å²) in [6, 6.07) is 17.6. The molecule has 0 aliphatic carbocycles. The second-order valence-corrected chi connectivity index (χ2v) is 7.76. The van der Waals surface area contributed by atoms with Crippen LogP contribution in [0, 0.1) is 0 Å². The molecule has 0 fully saturated rings. The summed E-state index contributed by atoms with van der Waals surface area (Å²) in [6.07, 6.45) is 0. The Kier molecular flexibility index (Phi) is 5.85. The molecule has 2 N–H and O–H groups in total. The van der Waals surface area contributed by atoms with Gasteiger partial charge in [-0.25, -0.2) is 0 Å². The fourth-order valence-corrected chi connectivity index (χ4v) is 3.59. The largest absolute Gasteiger partial charge is 0.321 e. The summed E-state index contributed by atoms with van der Waals surface area (Å²) in [6.45, 7) is 0. The molecule has 0 saturated carbocycles. The lowest BCUT2D eigenvalue weighted by Crippen LogP contribution is -2.35. The van der Waals surface area contributed by atoms with E-state index in [1.54, 1.807) is 48.5 Å². The molecule has 0 saturated heterocycles. The lowest BCUT2D eigenvalue weighted by atomic mass is 10.1. The molecule has 9 heteroatoms. The molecule has 0 radical (unpaired) electrons. The molecular weight excluding hydrogens is 444 g/mol. The van der Waals surface area contributed by atoms with Crippen molar-refractivity contribution in [1.82, 2.24) is 9.36 Å². The van der Waals surface area contributed by atoms with Crippen molar-refractivity contribution in [2.75, 3.05) is 10.6 Å². The molecule has 1 heterocycles. The number of carbonyl (C=O) groups is 2. The number of anilines is 2. The Morgan fingerprint density at radius 1 is 0.727 bits per heavy atom. The average molecular weight is 463 g/mol. The minimum absolute atomic E-state index is 0.137. The van der Waals surface area contributed by atoms with Crippen molar-refractivity contribution in [2.24, 2.45) is 14.1 Å². The Bertz CT molecular complexity index is 1540. The van der Waals surface area contributed by atoms with Crippen LogP contribution in [0.1, 0.15) is 20.7 Å². The van der Waals surface area contributed by atoms with Crippen LogP contribution in [0.2, 0.25) is 5.02 Å². The molecule has 1 aromatic heterocycles. The summed E-state index contributed by atoms with van der Waals surface area (Å²) < 4.78 is 2.39. The molecular formula is C24H19ClN4O4. The van der Waals surface area contributed by atoms with Gasteiger partial charge in [-0.15, -0.1) is 0 Å². The fraction of sp³-hybridized carbons (Fsp3) is 0.0833. The average Bonchev–Trinajstić information content (AvgIpc) is 2.82. The van der Waals surface area contributed by atoms with Crippen LogP contribution in [-0.4, -0.2) is 21.2 Å². The SMILES string of the molecule is Cn1c(=O)c2ccc(C(=O)Nc3ccccc3C(=O)Nc3ccccc3Cl)cc2c(=O)n1C. The van der Waals surface area contributed by atoms with Crippen LogP contribution in [0.25, 0.3) is 10.8 Å². The van der Waals surface area contributed by atoms with Gasteiger partial charge in [0.05, 0.1) is 32.7 Å². The highest BCUT2D eigenvalue weighted by atomic mass is 35.5. The predicted molar refractivity (Wildman–Crippen MR) is 128 cm³/mol. The predicted octanol–water partition coefficient (Wildman–Crippen LogP) is 3.40. The van der Waals surface area contributed by atoms with Crippen molar-refractivity contribution in [3.8, 4) is 0 Å². The van der Waals surface area contributed by atoms with Crippen molar-refractivity contribution < 1.29 is 9.59 Å². The van der Waals surface area contributed by atoms with Crippen LogP contribution in [0.5, 0.6) is 0 Å². The van der Waals surface area contributed by atoms with E-state index in [-0.39, 0.29) is 33.1 Å². The Labute approximate surface area is 193 Å². The molecule has 3 aromatic carbocycles. The number of hydrogen-bond donors (Lipinski definition) is 2. The second-order valence-electron chi connectivity index (χ2n) is 7.35. The molecule has 0 bridgehead atoms. The van der Waals surface area contributed by atoms with E-state index in [0.717, 1.165) is 0 Å². The number of para-hydroxylation sites is 2. The summed E-state index contributed by atoms with van der Waals surface area (Å²) in [4.78, 5) is 50.8. The zero-order valence-electron chi connectivity index (χ0n) is 17.8. The molecule has 0 unspecified atom stereocenters. The van der Waals surface area contributed by atoms with Gasteiger partial charge in [0.25, 0.3) is 22.9 Å². The van der Waals surface area contributed by atoms with Crippen LogP contribution in [-0.2, 0) is 14.1 Å². The number of halogens is 1. The van der Waals surface area contributed by atoms with Crippen LogP contribution < -0.4 is 21.8 Å². The van der Waals surface area contributed by atoms with E-state index in [4.69, 9.17) is 11.6 Å². The van der Waals surface area contributed by atoms with Gasteiger partial charge in [0.1, 0.15) is 0 Å². The summed E-state index contributed by atoms with van der Waals surface area (Å²) in [5.41, 5.74) is 0.383. The van der Waals surface area contributed by atoms with Gasteiger partial charge < -0.3 is 10.6 Å². The maximum absolute atomic E-state index is 12.9. The van der Waals surface area contributed by atoms with Gasteiger partial charge in [-0.2, -0.15) is 0 Å². The van der Waals surface area contributed by atoms with Crippen molar-refractivity contribution in [2.45, 2.75) is 0 Å². The molecule has 0 aliphatic heterocycles. The Hall–Kier alpha value is -4.17. The van der Waals surface area contributed by atoms with E-state index in [1.165, 1.54) is 41.7 Å². The summed E-state index contributed by atoms with van der Waals surface area (Å²) in [5.74, 6) is -0.979. The van der Waals surface area contributed by atoms with Gasteiger partial charge in [0.15, 0.2) is 0 Å². The maximum Gasteiger partial charge on any atom is 0.273 e. The van der Waals surface area contributed by atoms with Gasteiger partial charge >= 0.3 is 0 Å². The first kappa shape index (κ1) is 22.0. The van der Waals surface area contributed by atoms with Gasteiger partial charge in [0, 0.05) is 19.7 Å². The zero-order chi connectivity index (χ0) is 23.7. The Morgan fingerprint density at radius 2 is 1.30 bits per heavy atom. The van der Waals surface area contributed by atoms with Gasteiger partial charge in [-0.05, 0) is 42.5 Å². The smallest absolute Gasteiger partial charge is 0.273 e. The number of benzene rings is 3. The summed E-state index contributed by atoms with van der Waals surface area (Å²) in [5, 5.41) is 6.18. The quantitative estimate of drug-likeness (QED) is 0.485. The number of rotatable bonds is 4. The minimum Gasteiger partial charge on any atom is -0.321 e. The molecule has 0 atom stereocenters. The van der Waals surface area contributed by atoms with Gasteiger partial charge in [0.2, 0.25) is 0 Å². The topological polar surface area (TPSA) is 102 Å². The zero-order valence-corrected chi connectivity index (χ0v) is 18.5. The number of nitrogens with one attached hydrogen (secondary N) is 2. The molecule has 2 amide bonds. The molecule has 0 spiro atoms. The first-order valence-electron chi connectivity index (χ1n) is 9.94. The number of hydrogen-bond acceptors (Lipinski definition) is 4. The lowest BCUT2D eigenvalue weighted by molar-refractivity contribution is 0.102. The van der Waals surface area contributed by atoms with Crippen LogP contribution in [0.15, 0.2) is 76.3 Å². The Balaban J connectivity index is 1.65. The lowest BCUT2D eigenvalue weighted by Gasteiger charge is -2.13. The van der Waals surface area contributed by atoms with Crippen molar-refractivity contribution in [3.63, 3.8) is 0 Å². The highest BCUT2D eigenvalue weighted by molar-refractivity contribution is 6.34. The highest BCUT2D eigenvalue weighted by Gasteiger charge is 2.17. The third-order valence-corrected chi connectivity index (χ3v) is 5.65. The van der Waals surface area contributed by atoms with E-state index < -0.39 is 17.4 Å².